The molecule has 0 aromatic carbocycles. The van der Waals surface area contributed by atoms with E-state index in [1.807, 2.05) is 13.8 Å². The summed E-state index contributed by atoms with van der Waals surface area (Å²) in [4.78, 5) is 11.9. The van der Waals surface area contributed by atoms with Crippen LogP contribution in [-0.4, -0.2) is 23.0 Å². The van der Waals surface area contributed by atoms with Crippen LogP contribution in [0, 0.1) is 11.8 Å². The van der Waals surface area contributed by atoms with Crippen molar-refractivity contribution in [3.05, 3.63) is 0 Å². The number of halogens is 4. The first-order chi connectivity index (χ1) is 8.15. The molecule has 2 atom stereocenters. The van der Waals surface area contributed by atoms with Crippen molar-refractivity contribution >= 4 is 21.8 Å². The fraction of sp³-hybridized carbons (Fsp3) is 0.917. The molecular weight excluding hydrogens is 311 g/mol. The van der Waals surface area contributed by atoms with Crippen molar-refractivity contribution in [2.24, 2.45) is 11.8 Å². The Hall–Kier alpha value is -0.260. The first kappa shape index (κ1) is 15.8. The summed E-state index contributed by atoms with van der Waals surface area (Å²) in [6.45, 7) is 3.67. The summed E-state index contributed by atoms with van der Waals surface area (Å²) in [6.07, 6.45) is -3.08. The molecule has 1 saturated carbocycles. The van der Waals surface area contributed by atoms with Gasteiger partial charge in [0, 0.05) is 16.8 Å². The zero-order chi connectivity index (χ0) is 14.0. The van der Waals surface area contributed by atoms with Crippen LogP contribution in [0.2, 0.25) is 0 Å². The Labute approximate surface area is 114 Å². The van der Waals surface area contributed by atoms with E-state index in [0.717, 1.165) is 0 Å². The van der Waals surface area contributed by atoms with E-state index in [1.54, 1.807) is 0 Å². The van der Waals surface area contributed by atoms with Crippen molar-refractivity contribution < 1.29 is 18.0 Å². The molecule has 0 aliphatic heterocycles. The molecule has 1 amide bonds. The third kappa shape index (κ3) is 4.44. The molecule has 0 heterocycles. The molecule has 0 saturated heterocycles. The summed E-state index contributed by atoms with van der Waals surface area (Å²) < 4.78 is 37.9. The quantitative estimate of drug-likeness (QED) is 0.787. The van der Waals surface area contributed by atoms with Gasteiger partial charge in [-0.25, -0.2) is 0 Å². The minimum absolute atomic E-state index is 0.0757. The van der Waals surface area contributed by atoms with Crippen LogP contribution in [-0.2, 0) is 4.79 Å². The molecule has 1 fully saturated rings. The highest BCUT2D eigenvalue weighted by atomic mass is 79.9. The number of hydrogen-bond acceptors (Lipinski definition) is 1. The SMILES string of the molecule is CC(C)(CBr)NC(=O)C1CCCC(C(F)(F)F)C1. The van der Waals surface area contributed by atoms with Gasteiger partial charge in [0.2, 0.25) is 5.91 Å². The van der Waals surface area contributed by atoms with E-state index in [-0.39, 0.29) is 18.7 Å². The second-order valence-corrected chi connectivity index (χ2v) is 6.17. The van der Waals surface area contributed by atoms with Crippen LogP contribution in [0.5, 0.6) is 0 Å². The van der Waals surface area contributed by atoms with E-state index in [9.17, 15) is 18.0 Å². The van der Waals surface area contributed by atoms with Gasteiger partial charge in [-0.1, -0.05) is 22.4 Å². The fourth-order valence-electron chi connectivity index (χ4n) is 2.19. The Morgan fingerprint density at radius 1 is 1.33 bits per heavy atom. The molecule has 2 unspecified atom stereocenters. The summed E-state index contributed by atoms with van der Waals surface area (Å²) >= 11 is 3.27. The molecule has 18 heavy (non-hydrogen) atoms. The van der Waals surface area contributed by atoms with Crippen molar-refractivity contribution in [2.75, 3.05) is 5.33 Å². The lowest BCUT2D eigenvalue weighted by atomic mass is 9.80. The largest absolute Gasteiger partial charge is 0.391 e. The molecule has 0 bridgehead atoms. The molecular formula is C12H19BrF3NO. The van der Waals surface area contributed by atoms with Gasteiger partial charge < -0.3 is 5.32 Å². The van der Waals surface area contributed by atoms with Gasteiger partial charge in [0.1, 0.15) is 0 Å². The van der Waals surface area contributed by atoms with E-state index in [1.165, 1.54) is 0 Å². The Morgan fingerprint density at radius 3 is 2.44 bits per heavy atom. The van der Waals surface area contributed by atoms with Crippen LogP contribution in [0.1, 0.15) is 39.5 Å². The first-order valence-electron chi connectivity index (χ1n) is 6.10. The number of nitrogens with one attached hydrogen (secondary N) is 1. The van der Waals surface area contributed by atoms with Crippen molar-refractivity contribution in [3.63, 3.8) is 0 Å². The topological polar surface area (TPSA) is 29.1 Å². The third-order valence-electron chi connectivity index (χ3n) is 3.30. The normalized spacial score (nSPS) is 25.9. The first-order valence-corrected chi connectivity index (χ1v) is 7.22. The van der Waals surface area contributed by atoms with Gasteiger partial charge >= 0.3 is 6.18 Å². The van der Waals surface area contributed by atoms with Gasteiger partial charge in [0.15, 0.2) is 0 Å². The van der Waals surface area contributed by atoms with Gasteiger partial charge in [-0.2, -0.15) is 13.2 Å². The molecule has 6 heteroatoms. The van der Waals surface area contributed by atoms with Gasteiger partial charge in [0.05, 0.1) is 5.92 Å². The lowest BCUT2D eigenvalue weighted by Crippen LogP contribution is -2.48. The standard InChI is InChI=1S/C12H19BrF3NO/c1-11(2,7-13)17-10(18)8-4-3-5-9(6-8)12(14,15)16/h8-9H,3-7H2,1-2H3,(H,17,18). The molecule has 2 nitrogen and oxygen atoms in total. The highest BCUT2D eigenvalue weighted by Gasteiger charge is 2.43. The highest BCUT2D eigenvalue weighted by molar-refractivity contribution is 9.09. The smallest absolute Gasteiger partial charge is 0.350 e. The van der Waals surface area contributed by atoms with Gasteiger partial charge in [-0.05, 0) is 33.1 Å². The highest BCUT2D eigenvalue weighted by Crippen LogP contribution is 2.40. The van der Waals surface area contributed by atoms with Crippen LogP contribution < -0.4 is 5.32 Å². The second kappa shape index (κ2) is 5.80. The van der Waals surface area contributed by atoms with Gasteiger partial charge in [-0.15, -0.1) is 0 Å². The predicted molar refractivity (Wildman–Crippen MR) is 67.5 cm³/mol. The summed E-state index contributed by atoms with van der Waals surface area (Å²) in [7, 11) is 0. The molecule has 1 aliphatic carbocycles. The van der Waals surface area contributed by atoms with E-state index in [0.29, 0.717) is 18.2 Å². The van der Waals surface area contributed by atoms with E-state index in [4.69, 9.17) is 0 Å². The maximum absolute atomic E-state index is 12.6. The van der Waals surface area contributed by atoms with Crippen LogP contribution in [0.25, 0.3) is 0 Å². The fourth-order valence-corrected chi connectivity index (χ4v) is 2.33. The lowest BCUT2D eigenvalue weighted by molar-refractivity contribution is -0.186. The predicted octanol–water partition coefficient (Wildman–Crippen LogP) is 3.64. The minimum atomic E-state index is -4.18. The van der Waals surface area contributed by atoms with Crippen LogP contribution in [0.4, 0.5) is 13.2 Å². The zero-order valence-corrected chi connectivity index (χ0v) is 12.2. The number of rotatable bonds is 3. The Kier molecular flexibility index (Phi) is 5.09. The summed E-state index contributed by atoms with van der Waals surface area (Å²) in [5, 5.41) is 3.37. The third-order valence-corrected chi connectivity index (χ3v) is 4.71. The number of alkyl halides is 4. The Bertz CT molecular complexity index is 304. The minimum Gasteiger partial charge on any atom is -0.350 e. The van der Waals surface area contributed by atoms with Gasteiger partial charge in [0.25, 0.3) is 0 Å². The summed E-state index contributed by atoms with van der Waals surface area (Å²) in [6, 6.07) is 0. The molecule has 0 spiro atoms. The van der Waals surface area contributed by atoms with Crippen LogP contribution in [0.15, 0.2) is 0 Å². The summed E-state index contributed by atoms with van der Waals surface area (Å²) in [5.41, 5.74) is -0.428. The average Bonchev–Trinajstić information content (AvgIpc) is 2.27. The Morgan fingerprint density at radius 2 is 1.94 bits per heavy atom. The molecule has 1 aliphatic rings. The maximum Gasteiger partial charge on any atom is 0.391 e. The van der Waals surface area contributed by atoms with Crippen LogP contribution in [0.3, 0.4) is 0 Å². The van der Waals surface area contributed by atoms with Crippen LogP contribution >= 0.6 is 15.9 Å². The van der Waals surface area contributed by atoms with Crippen molar-refractivity contribution in [1.82, 2.24) is 5.32 Å². The number of carbonyl (C=O) groups excluding carboxylic acids is 1. The molecule has 106 valence electrons. The van der Waals surface area contributed by atoms with Crippen molar-refractivity contribution in [1.29, 1.82) is 0 Å². The van der Waals surface area contributed by atoms with E-state index < -0.39 is 23.6 Å². The number of amides is 1. The average molecular weight is 330 g/mol. The monoisotopic (exact) mass is 329 g/mol. The maximum atomic E-state index is 12.6. The van der Waals surface area contributed by atoms with E-state index in [2.05, 4.69) is 21.2 Å². The number of carbonyl (C=O) groups is 1. The van der Waals surface area contributed by atoms with Crippen molar-refractivity contribution in [3.8, 4) is 0 Å². The van der Waals surface area contributed by atoms with Crippen molar-refractivity contribution in [2.45, 2.75) is 51.2 Å². The summed E-state index contributed by atoms with van der Waals surface area (Å²) in [5.74, 6) is -2.09. The zero-order valence-electron chi connectivity index (χ0n) is 10.6. The molecule has 0 aromatic rings. The number of hydrogen-bond donors (Lipinski definition) is 1. The lowest BCUT2D eigenvalue weighted by Gasteiger charge is -2.32. The van der Waals surface area contributed by atoms with Gasteiger partial charge in [-0.3, -0.25) is 4.79 Å². The molecule has 0 aromatic heterocycles. The Balaban J connectivity index is 2.59. The second-order valence-electron chi connectivity index (χ2n) is 5.61. The molecule has 1 rings (SSSR count). The molecule has 1 N–H and O–H groups in total. The van der Waals surface area contributed by atoms with E-state index >= 15 is 0 Å². The molecule has 0 radical (unpaired) electrons.